The fraction of sp³-hybridized carbons (Fsp3) is 0.154. The van der Waals surface area contributed by atoms with Crippen LogP contribution in [0.25, 0.3) is 11.3 Å². The van der Waals surface area contributed by atoms with Gasteiger partial charge in [0, 0.05) is 0 Å². The van der Waals surface area contributed by atoms with E-state index >= 15 is 0 Å². The summed E-state index contributed by atoms with van der Waals surface area (Å²) < 4.78 is 10.5. The Bertz CT molecular complexity index is 514. The third-order valence-corrected chi connectivity index (χ3v) is 2.41. The number of carboxylic acid groups (broad SMARTS) is 1. The molecule has 0 saturated heterocycles. The van der Waals surface area contributed by atoms with Crippen molar-refractivity contribution in [3.05, 3.63) is 42.2 Å². The lowest BCUT2D eigenvalue weighted by Crippen LogP contribution is -2.00. The van der Waals surface area contributed by atoms with E-state index in [-0.39, 0.29) is 6.42 Å². The zero-order chi connectivity index (χ0) is 12.3. The number of methoxy groups -OCH3 is 1. The summed E-state index contributed by atoms with van der Waals surface area (Å²) in [5.41, 5.74) is 1.47. The van der Waals surface area contributed by atoms with Gasteiger partial charge in [0.25, 0.3) is 0 Å². The minimum Gasteiger partial charge on any atom is -0.496 e. The molecule has 0 aliphatic heterocycles. The van der Waals surface area contributed by atoms with Gasteiger partial charge in [-0.1, -0.05) is 6.07 Å². The number of aliphatic carboxylic acids is 1. The lowest BCUT2D eigenvalue weighted by atomic mass is 10.1. The molecule has 88 valence electrons. The molecule has 0 unspecified atom stereocenters. The molecular formula is C13H12O4. The predicted molar refractivity (Wildman–Crippen MR) is 62.0 cm³/mol. The second kappa shape index (κ2) is 4.74. The van der Waals surface area contributed by atoms with Crippen LogP contribution in [0.3, 0.4) is 0 Å². The molecule has 4 heteroatoms. The van der Waals surface area contributed by atoms with Gasteiger partial charge >= 0.3 is 5.97 Å². The Morgan fingerprint density at radius 2 is 2.24 bits per heavy atom. The molecule has 0 bridgehead atoms. The maximum Gasteiger partial charge on any atom is 0.307 e. The quantitative estimate of drug-likeness (QED) is 0.880. The van der Waals surface area contributed by atoms with E-state index in [1.807, 2.05) is 6.07 Å². The van der Waals surface area contributed by atoms with Crippen molar-refractivity contribution in [1.29, 1.82) is 0 Å². The monoisotopic (exact) mass is 232 g/mol. The highest BCUT2D eigenvalue weighted by molar-refractivity contribution is 5.73. The van der Waals surface area contributed by atoms with E-state index in [1.165, 1.54) is 0 Å². The Morgan fingerprint density at radius 3 is 2.82 bits per heavy atom. The molecule has 0 fully saturated rings. The molecule has 1 heterocycles. The van der Waals surface area contributed by atoms with Gasteiger partial charge in [-0.15, -0.1) is 0 Å². The Kier molecular flexibility index (Phi) is 3.14. The highest BCUT2D eigenvalue weighted by Gasteiger charge is 2.10. The van der Waals surface area contributed by atoms with Crippen molar-refractivity contribution in [3.8, 4) is 17.1 Å². The Labute approximate surface area is 98.4 Å². The summed E-state index contributed by atoms with van der Waals surface area (Å²) in [5, 5.41) is 8.76. The van der Waals surface area contributed by atoms with Gasteiger partial charge in [0.15, 0.2) is 0 Å². The van der Waals surface area contributed by atoms with Crippen LogP contribution in [0.15, 0.2) is 41.0 Å². The first-order chi connectivity index (χ1) is 8.20. The molecule has 0 aliphatic rings. The van der Waals surface area contributed by atoms with E-state index in [1.54, 1.807) is 37.6 Å². The number of furan rings is 1. The van der Waals surface area contributed by atoms with Crippen LogP contribution in [0.5, 0.6) is 5.75 Å². The maximum absolute atomic E-state index is 10.7. The Morgan fingerprint density at radius 1 is 1.41 bits per heavy atom. The number of rotatable bonds is 4. The van der Waals surface area contributed by atoms with Crippen LogP contribution in [0, 0.1) is 0 Å². The van der Waals surface area contributed by atoms with Crippen LogP contribution in [-0.4, -0.2) is 18.2 Å². The van der Waals surface area contributed by atoms with Gasteiger partial charge in [-0.25, -0.2) is 0 Å². The lowest BCUT2D eigenvalue weighted by molar-refractivity contribution is -0.136. The fourth-order valence-corrected chi connectivity index (χ4v) is 1.66. The van der Waals surface area contributed by atoms with Gasteiger partial charge in [-0.2, -0.15) is 0 Å². The molecule has 0 amide bonds. The van der Waals surface area contributed by atoms with Crippen molar-refractivity contribution < 1.29 is 19.1 Å². The second-order valence-electron chi connectivity index (χ2n) is 3.58. The fourth-order valence-electron chi connectivity index (χ4n) is 1.66. The molecule has 0 radical (unpaired) electrons. The number of carboxylic acids is 1. The summed E-state index contributed by atoms with van der Waals surface area (Å²) in [6.45, 7) is 0. The first-order valence-corrected chi connectivity index (χ1v) is 5.13. The molecule has 0 aliphatic carbocycles. The maximum atomic E-state index is 10.7. The zero-order valence-electron chi connectivity index (χ0n) is 9.34. The summed E-state index contributed by atoms with van der Waals surface area (Å²) in [6.07, 6.45) is 1.55. The van der Waals surface area contributed by atoms with Crippen molar-refractivity contribution in [1.82, 2.24) is 0 Å². The van der Waals surface area contributed by atoms with Crippen LogP contribution in [0.1, 0.15) is 5.56 Å². The first-order valence-electron chi connectivity index (χ1n) is 5.13. The predicted octanol–water partition coefficient (Wildman–Crippen LogP) is 2.58. The van der Waals surface area contributed by atoms with Crippen molar-refractivity contribution in [2.45, 2.75) is 6.42 Å². The summed E-state index contributed by atoms with van der Waals surface area (Å²) in [6, 6.07) is 8.84. The van der Waals surface area contributed by atoms with E-state index in [4.69, 9.17) is 14.3 Å². The molecular weight excluding hydrogens is 220 g/mol. The van der Waals surface area contributed by atoms with Gasteiger partial charge in [-0.05, 0) is 29.8 Å². The third-order valence-electron chi connectivity index (χ3n) is 2.41. The summed E-state index contributed by atoms with van der Waals surface area (Å²) >= 11 is 0. The number of benzene rings is 1. The van der Waals surface area contributed by atoms with E-state index in [2.05, 4.69) is 0 Å². The minimum atomic E-state index is -0.861. The van der Waals surface area contributed by atoms with E-state index in [0.717, 1.165) is 5.56 Å². The molecule has 2 rings (SSSR count). The molecule has 0 atom stereocenters. The highest BCUT2D eigenvalue weighted by atomic mass is 16.5. The topological polar surface area (TPSA) is 59.7 Å². The first kappa shape index (κ1) is 11.3. The van der Waals surface area contributed by atoms with Gasteiger partial charge in [0.2, 0.25) is 0 Å². The van der Waals surface area contributed by atoms with Gasteiger partial charge in [0.1, 0.15) is 11.5 Å². The Hall–Kier alpha value is -2.23. The third kappa shape index (κ3) is 2.47. The van der Waals surface area contributed by atoms with Crippen LogP contribution in [-0.2, 0) is 11.2 Å². The lowest BCUT2D eigenvalue weighted by Gasteiger charge is -2.07. The van der Waals surface area contributed by atoms with E-state index < -0.39 is 5.97 Å². The molecule has 0 spiro atoms. The summed E-state index contributed by atoms with van der Waals surface area (Å²) in [7, 11) is 1.57. The molecule has 0 saturated carbocycles. The van der Waals surface area contributed by atoms with Gasteiger partial charge in [-0.3, -0.25) is 4.79 Å². The van der Waals surface area contributed by atoms with E-state index in [9.17, 15) is 4.79 Å². The van der Waals surface area contributed by atoms with Crippen LogP contribution in [0.2, 0.25) is 0 Å². The zero-order valence-corrected chi connectivity index (χ0v) is 9.34. The number of ether oxygens (including phenoxy) is 1. The van der Waals surface area contributed by atoms with Crippen molar-refractivity contribution in [3.63, 3.8) is 0 Å². The van der Waals surface area contributed by atoms with Crippen molar-refractivity contribution >= 4 is 5.97 Å². The molecule has 4 nitrogen and oxygen atoms in total. The average molecular weight is 232 g/mol. The smallest absolute Gasteiger partial charge is 0.307 e. The number of carbonyl (C=O) groups is 1. The van der Waals surface area contributed by atoms with Gasteiger partial charge < -0.3 is 14.3 Å². The van der Waals surface area contributed by atoms with Gasteiger partial charge in [0.05, 0.1) is 25.4 Å². The normalized spacial score (nSPS) is 10.2. The number of hydrogen-bond donors (Lipinski definition) is 1. The average Bonchev–Trinajstić information content (AvgIpc) is 2.81. The molecule has 17 heavy (non-hydrogen) atoms. The molecule has 1 aromatic heterocycles. The largest absolute Gasteiger partial charge is 0.496 e. The van der Waals surface area contributed by atoms with Crippen LogP contribution >= 0.6 is 0 Å². The van der Waals surface area contributed by atoms with Crippen molar-refractivity contribution in [2.24, 2.45) is 0 Å². The summed E-state index contributed by atoms with van der Waals surface area (Å²) in [4.78, 5) is 10.7. The SMILES string of the molecule is COc1ccc(CC(=O)O)cc1-c1ccco1. The van der Waals surface area contributed by atoms with E-state index in [0.29, 0.717) is 17.1 Å². The van der Waals surface area contributed by atoms with Crippen molar-refractivity contribution in [2.75, 3.05) is 7.11 Å². The molecule has 2 aromatic rings. The number of hydrogen-bond acceptors (Lipinski definition) is 3. The molecule has 1 aromatic carbocycles. The van der Waals surface area contributed by atoms with Crippen LogP contribution < -0.4 is 4.74 Å². The van der Waals surface area contributed by atoms with Crippen LogP contribution in [0.4, 0.5) is 0 Å². The minimum absolute atomic E-state index is 0.0162. The summed E-state index contributed by atoms with van der Waals surface area (Å²) in [5.74, 6) is 0.462. The highest BCUT2D eigenvalue weighted by Crippen LogP contribution is 2.31. The molecule has 1 N–H and O–H groups in total. The second-order valence-corrected chi connectivity index (χ2v) is 3.58. The standard InChI is InChI=1S/C13H12O4/c1-16-11-5-4-9(8-13(14)15)7-10(11)12-3-2-6-17-12/h2-7H,8H2,1H3,(H,14,15). The Balaban J connectivity index is 2.43.